The Morgan fingerprint density at radius 1 is 1.35 bits per heavy atom. The third kappa shape index (κ3) is 4.42. The van der Waals surface area contributed by atoms with Gasteiger partial charge in [0, 0.05) is 18.3 Å². The summed E-state index contributed by atoms with van der Waals surface area (Å²) in [5.74, 6) is 0.0902. The van der Waals surface area contributed by atoms with Gasteiger partial charge in [0.2, 0.25) is 0 Å². The van der Waals surface area contributed by atoms with Gasteiger partial charge >= 0.3 is 0 Å². The summed E-state index contributed by atoms with van der Waals surface area (Å²) in [6.45, 7) is 11.4. The molecule has 0 spiro atoms. The van der Waals surface area contributed by atoms with Crippen LogP contribution in [0, 0.1) is 6.92 Å². The number of likely N-dealkylation sites (N-methyl/N-ethyl adjacent to an activating group) is 1. The number of rotatable bonds is 6. The Balaban J connectivity index is 0.00000264. The highest BCUT2D eigenvalue weighted by atomic mass is 35.5. The number of halogens is 1. The van der Waals surface area contributed by atoms with Crippen molar-refractivity contribution in [3.8, 4) is 0 Å². The van der Waals surface area contributed by atoms with Crippen LogP contribution in [0.4, 0.5) is 0 Å². The van der Waals surface area contributed by atoms with E-state index in [-0.39, 0.29) is 30.3 Å². The Hall–Kier alpha value is -1.66. The minimum absolute atomic E-state index is 0. The van der Waals surface area contributed by atoms with Crippen LogP contribution < -0.4 is 10.6 Å². The number of carbonyl (C=O) groups is 1. The van der Waals surface area contributed by atoms with E-state index in [1.54, 1.807) is 0 Å². The van der Waals surface area contributed by atoms with E-state index >= 15 is 0 Å². The second-order valence-corrected chi connectivity index (χ2v) is 5.87. The quantitative estimate of drug-likeness (QED) is 0.845. The van der Waals surface area contributed by atoms with Crippen molar-refractivity contribution in [1.82, 2.24) is 20.8 Å². The maximum atomic E-state index is 12.6. The summed E-state index contributed by atoms with van der Waals surface area (Å²) in [4.78, 5) is 17.0. The van der Waals surface area contributed by atoms with Gasteiger partial charge in [0.05, 0.1) is 16.6 Å². The van der Waals surface area contributed by atoms with Crippen molar-refractivity contribution < 1.29 is 9.32 Å². The number of aromatic nitrogens is 2. The number of hydrogen-bond donors (Lipinski definition) is 2. The third-order valence-electron chi connectivity index (χ3n) is 3.59. The minimum Gasteiger partial charge on any atom is -0.350 e. The topological polar surface area (TPSA) is 80.0 Å². The van der Waals surface area contributed by atoms with Gasteiger partial charge in [-0.25, -0.2) is 4.98 Å². The van der Waals surface area contributed by atoms with Crippen LogP contribution in [0.25, 0.3) is 11.1 Å². The highest BCUT2D eigenvalue weighted by Crippen LogP contribution is 2.24. The Bertz CT molecular complexity index is 669. The molecule has 2 aromatic rings. The van der Waals surface area contributed by atoms with Gasteiger partial charge in [-0.1, -0.05) is 25.9 Å². The normalized spacial score (nSPS) is 12.3. The summed E-state index contributed by atoms with van der Waals surface area (Å²) in [5.41, 5.74) is 2.51. The first-order chi connectivity index (χ1) is 10.4. The maximum Gasteiger partial charge on any atom is 0.259 e. The number of nitrogens with zero attached hydrogens (tertiary/aromatic N) is 2. The molecule has 128 valence electrons. The third-order valence-corrected chi connectivity index (χ3v) is 3.59. The number of nitrogens with one attached hydrogen (secondary N) is 2. The summed E-state index contributed by atoms with van der Waals surface area (Å²) in [6, 6.07) is 2.06. The first-order valence-electron chi connectivity index (χ1n) is 7.72. The number of aryl methyl sites for hydroxylation is 1. The van der Waals surface area contributed by atoms with Crippen molar-refractivity contribution in [3.63, 3.8) is 0 Å². The van der Waals surface area contributed by atoms with E-state index < -0.39 is 0 Å². The zero-order chi connectivity index (χ0) is 16.3. The summed E-state index contributed by atoms with van der Waals surface area (Å²) in [7, 11) is 0. The van der Waals surface area contributed by atoms with Crippen LogP contribution in [0.3, 0.4) is 0 Å². The average Bonchev–Trinajstić information content (AvgIpc) is 2.85. The molecule has 23 heavy (non-hydrogen) atoms. The zero-order valence-electron chi connectivity index (χ0n) is 14.3. The molecule has 0 aliphatic heterocycles. The lowest BCUT2D eigenvalue weighted by Gasteiger charge is -2.14. The fourth-order valence-electron chi connectivity index (χ4n) is 2.35. The molecule has 0 saturated heterocycles. The van der Waals surface area contributed by atoms with Crippen molar-refractivity contribution >= 4 is 29.4 Å². The summed E-state index contributed by atoms with van der Waals surface area (Å²) in [5, 5.41) is 10.9. The molecule has 1 amide bonds. The van der Waals surface area contributed by atoms with E-state index in [4.69, 9.17) is 4.52 Å². The van der Waals surface area contributed by atoms with Crippen LogP contribution in [-0.2, 0) is 0 Å². The van der Waals surface area contributed by atoms with Crippen LogP contribution >= 0.6 is 12.4 Å². The van der Waals surface area contributed by atoms with Crippen LogP contribution in [-0.4, -0.2) is 35.2 Å². The first kappa shape index (κ1) is 19.4. The van der Waals surface area contributed by atoms with Crippen molar-refractivity contribution in [2.75, 3.05) is 13.1 Å². The monoisotopic (exact) mass is 340 g/mol. The van der Waals surface area contributed by atoms with E-state index in [1.807, 2.05) is 40.7 Å². The number of fused-ring (bicyclic) bond motifs is 1. The SMILES string of the molecule is CCN[C@H](C)CNC(=O)c1cc(C(C)C)nc2onc(C)c12.Cl. The van der Waals surface area contributed by atoms with E-state index in [2.05, 4.69) is 20.8 Å². The average molecular weight is 341 g/mol. The molecule has 7 heteroatoms. The number of pyridine rings is 1. The molecule has 0 unspecified atom stereocenters. The Labute approximate surface area is 142 Å². The molecule has 6 nitrogen and oxygen atoms in total. The predicted octanol–water partition coefficient (Wildman–Crippen LogP) is 2.80. The van der Waals surface area contributed by atoms with E-state index in [0.29, 0.717) is 28.9 Å². The van der Waals surface area contributed by atoms with Crippen molar-refractivity contribution in [2.24, 2.45) is 0 Å². The molecule has 2 aromatic heterocycles. The van der Waals surface area contributed by atoms with Gasteiger partial charge in [-0.2, -0.15) is 0 Å². The van der Waals surface area contributed by atoms with Crippen molar-refractivity contribution in [2.45, 2.75) is 46.6 Å². The molecule has 0 aliphatic carbocycles. The van der Waals surface area contributed by atoms with E-state index in [9.17, 15) is 4.79 Å². The molecular weight excluding hydrogens is 316 g/mol. The van der Waals surface area contributed by atoms with Crippen LogP contribution in [0.5, 0.6) is 0 Å². The summed E-state index contributed by atoms with van der Waals surface area (Å²) < 4.78 is 5.24. The number of amides is 1. The lowest BCUT2D eigenvalue weighted by atomic mass is 10.0. The van der Waals surface area contributed by atoms with Gasteiger partial charge in [-0.05, 0) is 32.4 Å². The fraction of sp³-hybridized carbons (Fsp3) is 0.562. The van der Waals surface area contributed by atoms with Gasteiger partial charge in [0.1, 0.15) is 0 Å². The van der Waals surface area contributed by atoms with Crippen LogP contribution in [0.2, 0.25) is 0 Å². The van der Waals surface area contributed by atoms with Crippen LogP contribution in [0.1, 0.15) is 55.4 Å². The van der Waals surface area contributed by atoms with Gasteiger partial charge in [0.25, 0.3) is 11.6 Å². The largest absolute Gasteiger partial charge is 0.350 e. The maximum absolute atomic E-state index is 12.6. The lowest BCUT2D eigenvalue weighted by molar-refractivity contribution is 0.0951. The second kappa shape index (κ2) is 8.26. The fourth-order valence-corrected chi connectivity index (χ4v) is 2.35. The molecular formula is C16H25ClN4O2. The molecule has 2 rings (SSSR count). The molecule has 2 heterocycles. The predicted molar refractivity (Wildman–Crippen MR) is 93.3 cm³/mol. The molecule has 0 aromatic carbocycles. The molecule has 0 saturated carbocycles. The zero-order valence-corrected chi connectivity index (χ0v) is 15.1. The molecule has 0 bridgehead atoms. The standard InChI is InChI=1S/C16H24N4O2.ClH/c1-6-17-10(4)8-18-15(21)12-7-13(9(2)3)19-16-14(12)11(5)20-22-16;/h7,9-10,17H,6,8H2,1-5H3,(H,18,21);1H/t10-;/m1./s1. The van der Waals surface area contributed by atoms with Crippen LogP contribution in [0.15, 0.2) is 10.6 Å². The molecule has 0 fully saturated rings. The number of hydrogen-bond acceptors (Lipinski definition) is 5. The second-order valence-electron chi connectivity index (χ2n) is 5.87. The van der Waals surface area contributed by atoms with E-state index in [1.165, 1.54) is 0 Å². The van der Waals surface area contributed by atoms with Gasteiger partial charge < -0.3 is 15.2 Å². The van der Waals surface area contributed by atoms with Gasteiger partial charge in [-0.3, -0.25) is 4.79 Å². The minimum atomic E-state index is -0.120. The Kier molecular flexibility index (Phi) is 6.97. The lowest BCUT2D eigenvalue weighted by Crippen LogP contribution is -2.38. The summed E-state index contributed by atoms with van der Waals surface area (Å²) >= 11 is 0. The van der Waals surface area contributed by atoms with Gasteiger partial charge in [0.15, 0.2) is 0 Å². The first-order valence-corrected chi connectivity index (χ1v) is 7.72. The highest BCUT2D eigenvalue weighted by Gasteiger charge is 2.19. The van der Waals surface area contributed by atoms with E-state index in [0.717, 1.165) is 12.2 Å². The smallest absolute Gasteiger partial charge is 0.259 e. The Morgan fingerprint density at radius 3 is 2.65 bits per heavy atom. The molecule has 0 aliphatic rings. The van der Waals surface area contributed by atoms with Crippen molar-refractivity contribution in [1.29, 1.82) is 0 Å². The van der Waals surface area contributed by atoms with Gasteiger partial charge in [-0.15, -0.1) is 12.4 Å². The molecule has 0 radical (unpaired) electrons. The van der Waals surface area contributed by atoms with Crippen molar-refractivity contribution in [3.05, 3.63) is 23.0 Å². The highest BCUT2D eigenvalue weighted by molar-refractivity contribution is 6.06. The Morgan fingerprint density at radius 2 is 2.04 bits per heavy atom. The molecule has 2 N–H and O–H groups in total. The summed E-state index contributed by atoms with van der Waals surface area (Å²) in [6.07, 6.45) is 0. The number of carbonyl (C=O) groups excluding carboxylic acids is 1. The molecule has 1 atom stereocenters.